The van der Waals surface area contributed by atoms with Gasteiger partial charge in [-0.3, -0.25) is 0 Å². The molecule has 1 aromatic rings. The summed E-state index contributed by atoms with van der Waals surface area (Å²) in [6.07, 6.45) is 0.873. The first-order valence-corrected chi connectivity index (χ1v) is 7.53. The van der Waals surface area contributed by atoms with Crippen LogP contribution in [-0.4, -0.2) is 38.4 Å². The second-order valence-corrected chi connectivity index (χ2v) is 5.64. The van der Waals surface area contributed by atoms with Crippen LogP contribution >= 0.6 is 11.6 Å². The minimum absolute atomic E-state index is 0.135. The normalized spacial score (nSPS) is 19.0. The molecule has 0 spiro atoms. The van der Waals surface area contributed by atoms with Gasteiger partial charge in [0.2, 0.25) is 0 Å². The van der Waals surface area contributed by atoms with Crippen LogP contribution in [0.3, 0.4) is 0 Å². The summed E-state index contributed by atoms with van der Waals surface area (Å²) in [6, 6.07) is 7.02. The zero-order valence-electron chi connectivity index (χ0n) is 12.1. The molecule has 116 valence electrons. The molecule has 5 nitrogen and oxygen atoms in total. The Hall–Kier alpha value is -1.46. The summed E-state index contributed by atoms with van der Waals surface area (Å²) >= 11 is 5.89. The number of hydrogen-bond acceptors (Lipinski definition) is 3. The molecule has 1 aliphatic rings. The Morgan fingerprint density at radius 2 is 2.38 bits per heavy atom. The Balaban J connectivity index is 1.63. The number of hydrogen-bond donors (Lipinski definition) is 2. The standard InChI is InChI=1S/C15H21ClN2O3/c1-11(21-14-4-2-3-13(16)7-14)8-17-15(19)18-9-12-5-6-20-10-12/h2-4,7,11-12H,5-6,8-10H2,1H3,(H2,17,18,19)/t11-,12-/m0/s1. The van der Waals surface area contributed by atoms with E-state index in [0.29, 0.717) is 29.8 Å². The number of amides is 2. The largest absolute Gasteiger partial charge is 0.489 e. The van der Waals surface area contributed by atoms with E-state index in [4.69, 9.17) is 21.1 Å². The smallest absolute Gasteiger partial charge is 0.314 e. The molecule has 6 heteroatoms. The van der Waals surface area contributed by atoms with E-state index in [2.05, 4.69) is 10.6 Å². The maximum Gasteiger partial charge on any atom is 0.314 e. The van der Waals surface area contributed by atoms with Gasteiger partial charge in [0.25, 0.3) is 0 Å². The fourth-order valence-corrected chi connectivity index (χ4v) is 2.27. The Morgan fingerprint density at radius 1 is 1.52 bits per heavy atom. The van der Waals surface area contributed by atoms with Gasteiger partial charge in [-0.2, -0.15) is 0 Å². The van der Waals surface area contributed by atoms with Crippen LogP contribution in [0.25, 0.3) is 0 Å². The van der Waals surface area contributed by atoms with Gasteiger partial charge in [0.15, 0.2) is 0 Å². The average molecular weight is 313 g/mol. The van der Waals surface area contributed by atoms with Gasteiger partial charge in [-0.05, 0) is 31.5 Å². The van der Waals surface area contributed by atoms with Crippen LogP contribution < -0.4 is 15.4 Å². The predicted octanol–water partition coefficient (Wildman–Crippen LogP) is 2.44. The van der Waals surface area contributed by atoms with Crippen molar-refractivity contribution in [2.45, 2.75) is 19.4 Å². The first-order chi connectivity index (χ1) is 10.1. The minimum Gasteiger partial charge on any atom is -0.489 e. The molecule has 1 aromatic carbocycles. The van der Waals surface area contributed by atoms with Gasteiger partial charge in [0, 0.05) is 24.1 Å². The molecule has 1 fully saturated rings. The van der Waals surface area contributed by atoms with E-state index in [1.165, 1.54) is 0 Å². The van der Waals surface area contributed by atoms with E-state index < -0.39 is 0 Å². The highest BCUT2D eigenvalue weighted by Gasteiger charge is 2.16. The fourth-order valence-electron chi connectivity index (χ4n) is 2.09. The molecule has 0 aromatic heterocycles. The lowest BCUT2D eigenvalue weighted by atomic mass is 10.1. The van der Waals surface area contributed by atoms with Crippen LogP contribution in [0.1, 0.15) is 13.3 Å². The Morgan fingerprint density at radius 3 is 3.10 bits per heavy atom. The molecular formula is C15H21ClN2O3. The number of rotatable bonds is 6. The van der Waals surface area contributed by atoms with E-state index in [-0.39, 0.29) is 12.1 Å². The van der Waals surface area contributed by atoms with Crippen molar-refractivity contribution >= 4 is 17.6 Å². The number of ether oxygens (including phenoxy) is 2. The quantitative estimate of drug-likeness (QED) is 0.848. The number of carbonyl (C=O) groups is 1. The molecule has 1 aliphatic heterocycles. The topological polar surface area (TPSA) is 59.6 Å². The molecule has 0 saturated carbocycles. The van der Waals surface area contributed by atoms with Crippen molar-refractivity contribution in [2.24, 2.45) is 5.92 Å². The van der Waals surface area contributed by atoms with Crippen molar-refractivity contribution < 1.29 is 14.3 Å². The lowest BCUT2D eigenvalue weighted by Crippen LogP contribution is -2.42. The third-order valence-corrected chi connectivity index (χ3v) is 3.49. The van der Waals surface area contributed by atoms with Gasteiger partial charge < -0.3 is 20.1 Å². The minimum atomic E-state index is -0.177. The van der Waals surface area contributed by atoms with Crippen LogP contribution in [0.5, 0.6) is 5.75 Å². The number of nitrogens with one attached hydrogen (secondary N) is 2. The molecule has 2 N–H and O–H groups in total. The van der Waals surface area contributed by atoms with Gasteiger partial charge in [0.1, 0.15) is 11.9 Å². The fraction of sp³-hybridized carbons (Fsp3) is 0.533. The highest BCUT2D eigenvalue weighted by Crippen LogP contribution is 2.18. The SMILES string of the molecule is C[C@@H](CNC(=O)NC[C@@H]1CCOC1)Oc1cccc(Cl)c1. The summed E-state index contributed by atoms with van der Waals surface area (Å²) in [6.45, 7) is 4.49. The summed E-state index contributed by atoms with van der Waals surface area (Å²) in [4.78, 5) is 11.7. The molecular weight excluding hydrogens is 292 g/mol. The van der Waals surface area contributed by atoms with Gasteiger partial charge in [-0.25, -0.2) is 4.79 Å². The van der Waals surface area contributed by atoms with Crippen LogP contribution in [0.4, 0.5) is 4.79 Å². The molecule has 2 rings (SSSR count). The second-order valence-electron chi connectivity index (χ2n) is 5.21. The molecule has 2 atom stereocenters. The van der Waals surface area contributed by atoms with E-state index in [0.717, 1.165) is 19.6 Å². The number of urea groups is 1. The molecule has 2 amide bonds. The molecule has 21 heavy (non-hydrogen) atoms. The first kappa shape index (κ1) is 15.9. The van der Waals surface area contributed by atoms with Gasteiger partial charge in [-0.1, -0.05) is 17.7 Å². The highest BCUT2D eigenvalue weighted by molar-refractivity contribution is 6.30. The van der Waals surface area contributed by atoms with Crippen LogP contribution in [0, 0.1) is 5.92 Å². The molecule has 1 heterocycles. The van der Waals surface area contributed by atoms with E-state index in [1.807, 2.05) is 19.1 Å². The maximum absolute atomic E-state index is 11.7. The maximum atomic E-state index is 11.7. The molecule has 0 unspecified atom stereocenters. The van der Waals surface area contributed by atoms with E-state index in [1.54, 1.807) is 12.1 Å². The number of carbonyl (C=O) groups excluding carboxylic acids is 1. The van der Waals surface area contributed by atoms with Crippen molar-refractivity contribution in [3.05, 3.63) is 29.3 Å². The summed E-state index contributed by atoms with van der Waals surface area (Å²) < 4.78 is 10.9. The summed E-state index contributed by atoms with van der Waals surface area (Å²) in [5.74, 6) is 1.12. The number of benzene rings is 1. The lowest BCUT2D eigenvalue weighted by Gasteiger charge is -2.16. The first-order valence-electron chi connectivity index (χ1n) is 7.15. The molecule has 0 radical (unpaired) electrons. The number of halogens is 1. The van der Waals surface area contributed by atoms with Crippen LogP contribution in [0.15, 0.2) is 24.3 Å². The van der Waals surface area contributed by atoms with Crippen LogP contribution in [-0.2, 0) is 4.74 Å². The lowest BCUT2D eigenvalue weighted by molar-refractivity contribution is 0.184. The summed E-state index contributed by atoms with van der Waals surface area (Å²) in [5.41, 5.74) is 0. The van der Waals surface area contributed by atoms with Gasteiger partial charge in [-0.15, -0.1) is 0 Å². The van der Waals surface area contributed by atoms with Crippen LogP contribution in [0.2, 0.25) is 5.02 Å². The predicted molar refractivity (Wildman–Crippen MR) is 81.9 cm³/mol. The molecule has 1 saturated heterocycles. The summed E-state index contributed by atoms with van der Waals surface area (Å²) in [7, 11) is 0. The van der Waals surface area contributed by atoms with E-state index >= 15 is 0 Å². The third kappa shape index (κ3) is 5.81. The molecule has 0 aliphatic carbocycles. The third-order valence-electron chi connectivity index (χ3n) is 3.26. The summed E-state index contributed by atoms with van der Waals surface area (Å²) in [5, 5.41) is 6.27. The second kappa shape index (κ2) is 8.10. The van der Waals surface area contributed by atoms with E-state index in [9.17, 15) is 4.79 Å². The molecule has 0 bridgehead atoms. The average Bonchev–Trinajstić information content (AvgIpc) is 2.96. The van der Waals surface area contributed by atoms with Crippen molar-refractivity contribution in [1.29, 1.82) is 0 Å². The van der Waals surface area contributed by atoms with Crippen molar-refractivity contribution in [2.75, 3.05) is 26.3 Å². The highest BCUT2D eigenvalue weighted by atomic mass is 35.5. The Kier molecular flexibility index (Phi) is 6.14. The van der Waals surface area contributed by atoms with Gasteiger partial charge in [0.05, 0.1) is 13.2 Å². The van der Waals surface area contributed by atoms with Gasteiger partial charge >= 0.3 is 6.03 Å². The van der Waals surface area contributed by atoms with Crippen molar-refractivity contribution in [1.82, 2.24) is 10.6 Å². The zero-order valence-corrected chi connectivity index (χ0v) is 12.9. The Labute approximate surface area is 130 Å². The van der Waals surface area contributed by atoms with Crippen molar-refractivity contribution in [3.8, 4) is 5.75 Å². The zero-order chi connectivity index (χ0) is 15.1. The van der Waals surface area contributed by atoms with Crippen molar-refractivity contribution in [3.63, 3.8) is 0 Å². The Bertz CT molecular complexity index is 464. The monoisotopic (exact) mass is 312 g/mol.